The van der Waals surface area contributed by atoms with Crippen molar-refractivity contribution >= 4 is 33.2 Å². The Hall–Kier alpha value is -2.14. The molecule has 2 aromatic heterocycles. The Balaban J connectivity index is 1.91. The second-order valence-corrected chi connectivity index (χ2v) is 7.57. The molecule has 1 atom stereocenters. The van der Waals surface area contributed by atoms with Crippen LogP contribution in [0.25, 0.3) is 5.65 Å². The van der Waals surface area contributed by atoms with Gasteiger partial charge in [-0.05, 0) is 65.9 Å². The molecule has 1 unspecified atom stereocenters. The second kappa shape index (κ2) is 5.99. The van der Waals surface area contributed by atoms with Crippen molar-refractivity contribution in [2.45, 2.75) is 39.7 Å². The summed E-state index contributed by atoms with van der Waals surface area (Å²) >= 11 is 3.55. The van der Waals surface area contributed by atoms with E-state index in [0.717, 1.165) is 39.9 Å². The molecule has 1 aliphatic rings. The molecule has 0 radical (unpaired) electrons. The molecule has 0 bridgehead atoms. The van der Waals surface area contributed by atoms with Crippen molar-refractivity contribution in [2.24, 2.45) is 0 Å². The van der Waals surface area contributed by atoms with E-state index in [0.29, 0.717) is 5.69 Å². The van der Waals surface area contributed by atoms with Crippen molar-refractivity contribution in [1.82, 2.24) is 9.38 Å². The Labute approximate surface area is 155 Å². The largest absolute Gasteiger partial charge is 0.304 e. The lowest BCUT2D eigenvalue weighted by Gasteiger charge is -2.23. The van der Waals surface area contributed by atoms with E-state index in [9.17, 15) is 4.79 Å². The van der Waals surface area contributed by atoms with Crippen LogP contribution in [0.2, 0.25) is 0 Å². The van der Waals surface area contributed by atoms with Gasteiger partial charge < -0.3 is 4.90 Å². The van der Waals surface area contributed by atoms with Gasteiger partial charge in [-0.1, -0.05) is 25.1 Å². The lowest BCUT2D eigenvalue weighted by atomic mass is 10.1. The maximum atomic E-state index is 13.5. The molecule has 0 N–H and O–H groups in total. The van der Waals surface area contributed by atoms with Crippen molar-refractivity contribution in [2.75, 3.05) is 4.90 Å². The Morgan fingerprint density at radius 3 is 2.88 bits per heavy atom. The van der Waals surface area contributed by atoms with Crippen molar-refractivity contribution in [3.63, 3.8) is 0 Å². The van der Waals surface area contributed by atoms with Gasteiger partial charge in [-0.3, -0.25) is 9.20 Å². The van der Waals surface area contributed by atoms with Crippen LogP contribution in [0, 0.1) is 6.92 Å². The summed E-state index contributed by atoms with van der Waals surface area (Å²) in [4.78, 5) is 20.2. The summed E-state index contributed by atoms with van der Waals surface area (Å²) in [6.07, 6.45) is 3.56. The Morgan fingerprint density at radius 2 is 2.12 bits per heavy atom. The quantitative estimate of drug-likeness (QED) is 0.635. The second-order valence-electron chi connectivity index (χ2n) is 6.65. The lowest BCUT2D eigenvalue weighted by Crippen LogP contribution is -2.37. The van der Waals surface area contributed by atoms with E-state index in [2.05, 4.69) is 28.9 Å². The number of amides is 1. The molecule has 128 valence electrons. The molecule has 4 nitrogen and oxygen atoms in total. The normalized spacial score (nSPS) is 16.5. The predicted octanol–water partition coefficient (Wildman–Crippen LogP) is 4.56. The topological polar surface area (TPSA) is 37.6 Å². The highest BCUT2D eigenvalue weighted by Crippen LogP contribution is 2.34. The molecule has 0 spiro atoms. The van der Waals surface area contributed by atoms with Crippen LogP contribution in [0.5, 0.6) is 0 Å². The Morgan fingerprint density at radius 1 is 1.36 bits per heavy atom. The fourth-order valence-corrected chi connectivity index (χ4v) is 4.33. The minimum absolute atomic E-state index is 0.0271. The van der Waals surface area contributed by atoms with Crippen LogP contribution in [0.3, 0.4) is 0 Å². The van der Waals surface area contributed by atoms with Crippen molar-refractivity contribution in [1.29, 1.82) is 0 Å². The minimum atomic E-state index is 0.0271. The van der Waals surface area contributed by atoms with E-state index in [-0.39, 0.29) is 11.9 Å². The van der Waals surface area contributed by atoms with Crippen LogP contribution in [0.1, 0.15) is 41.2 Å². The maximum absolute atomic E-state index is 13.5. The standard InChI is InChI=1S/C20H20BrN3O/c1-4-16-18(23-11-15(21)9-12(2)19(23)22-16)20(25)24-13(3)10-14-7-5-6-8-17(14)24/h5-9,11,13H,4,10H2,1-3H3. The van der Waals surface area contributed by atoms with Crippen molar-refractivity contribution in [3.8, 4) is 0 Å². The number of pyridine rings is 1. The summed E-state index contributed by atoms with van der Waals surface area (Å²) < 4.78 is 2.88. The number of fused-ring (bicyclic) bond motifs is 2. The molecule has 1 aromatic carbocycles. The third-order valence-electron chi connectivity index (χ3n) is 4.91. The summed E-state index contributed by atoms with van der Waals surface area (Å²) in [5, 5.41) is 0. The molecule has 5 heteroatoms. The Bertz CT molecular complexity index is 992. The van der Waals surface area contributed by atoms with Gasteiger partial charge in [-0.2, -0.15) is 0 Å². The number of aromatic nitrogens is 2. The van der Waals surface area contributed by atoms with Gasteiger partial charge in [0.25, 0.3) is 5.91 Å². The number of nitrogens with zero attached hydrogens (tertiary/aromatic N) is 3. The molecule has 0 saturated carbocycles. The average Bonchev–Trinajstić information content (AvgIpc) is 3.11. The molecule has 0 saturated heterocycles. The first kappa shape index (κ1) is 16.3. The predicted molar refractivity (Wildman–Crippen MR) is 103 cm³/mol. The highest BCUT2D eigenvalue weighted by Gasteiger charge is 2.34. The zero-order valence-corrected chi connectivity index (χ0v) is 16.2. The maximum Gasteiger partial charge on any atom is 0.277 e. The molecule has 1 amide bonds. The lowest BCUT2D eigenvalue weighted by molar-refractivity contribution is 0.0975. The summed E-state index contributed by atoms with van der Waals surface area (Å²) in [7, 11) is 0. The van der Waals surface area contributed by atoms with Gasteiger partial charge in [-0.25, -0.2) is 4.98 Å². The summed E-state index contributed by atoms with van der Waals surface area (Å²) in [5.74, 6) is 0.0271. The van der Waals surface area contributed by atoms with Gasteiger partial charge in [0.15, 0.2) is 0 Å². The summed E-state index contributed by atoms with van der Waals surface area (Å²) in [5.41, 5.74) is 5.67. The molecule has 3 heterocycles. The SMILES string of the molecule is CCc1nc2c(C)cc(Br)cn2c1C(=O)N1c2ccccc2CC1C. The zero-order chi connectivity index (χ0) is 17.7. The first-order valence-electron chi connectivity index (χ1n) is 8.59. The van der Waals surface area contributed by atoms with Crippen LogP contribution in [0.4, 0.5) is 5.69 Å². The van der Waals surface area contributed by atoms with Crippen LogP contribution in [-0.2, 0) is 12.8 Å². The third kappa shape index (κ3) is 2.49. The number of hydrogen-bond acceptors (Lipinski definition) is 2. The number of anilines is 1. The number of imidazole rings is 1. The van der Waals surface area contributed by atoms with Gasteiger partial charge in [-0.15, -0.1) is 0 Å². The third-order valence-corrected chi connectivity index (χ3v) is 5.34. The number of para-hydroxylation sites is 1. The summed E-state index contributed by atoms with van der Waals surface area (Å²) in [6.45, 7) is 6.17. The molecule has 3 aromatic rings. The number of carbonyl (C=O) groups excluding carboxylic acids is 1. The molecular weight excluding hydrogens is 378 g/mol. The van der Waals surface area contributed by atoms with E-state index in [4.69, 9.17) is 4.98 Å². The molecule has 1 aliphatic heterocycles. The summed E-state index contributed by atoms with van der Waals surface area (Å²) in [6, 6.07) is 10.3. The van der Waals surface area contributed by atoms with Gasteiger partial charge in [0.1, 0.15) is 11.3 Å². The number of aryl methyl sites for hydroxylation is 2. The van der Waals surface area contributed by atoms with E-state index < -0.39 is 0 Å². The first-order chi connectivity index (χ1) is 12.0. The fraction of sp³-hybridized carbons (Fsp3) is 0.300. The number of halogens is 1. The minimum Gasteiger partial charge on any atom is -0.304 e. The number of rotatable bonds is 2. The van der Waals surface area contributed by atoms with Crippen LogP contribution < -0.4 is 4.90 Å². The van der Waals surface area contributed by atoms with Gasteiger partial charge in [0.2, 0.25) is 0 Å². The molecule has 4 rings (SSSR count). The van der Waals surface area contributed by atoms with Crippen LogP contribution >= 0.6 is 15.9 Å². The average molecular weight is 398 g/mol. The van der Waals surface area contributed by atoms with Gasteiger partial charge in [0, 0.05) is 22.4 Å². The van der Waals surface area contributed by atoms with E-state index >= 15 is 0 Å². The first-order valence-corrected chi connectivity index (χ1v) is 9.39. The molecule has 0 fully saturated rings. The van der Waals surface area contributed by atoms with Crippen LogP contribution in [-0.4, -0.2) is 21.3 Å². The van der Waals surface area contributed by atoms with E-state index in [1.165, 1.54) is 5.56 Å². The van der Waals surface area contributed by atoms with Gasteiger partial charge >= 0.3 is 0 Å². The van der Waals surface area contributed by atoms with Gasteiger partial charge in [0.05, 0.1) is 5.69 Å². The number of carbonyl (C=O) groups is 1. The molecular formula is C20H20BrN3O. The number of benzene rings is 1. The molecule has 25 heavy (non-hydrogen) atoms. The highest BCUT2D eigenvalue weighted by molar-refractivity contribution is 9.10. The van der Waals surface area contributed by atoms with Crippen LogP contribution in [0.15, 0.2) is 41.0 Å². The van der Waals surface area contributed by atoms with E-state index in [1.807, 2.05) is 53.6 Å². The number of hydrogen-bond donors (Lipinski definition) is 0. The Kier molecular flexibility index (Phi) is 3.91. The van der Waals surface area contributed by atoms with Crippen molar-refractivity contribution in [3.05, 3.63) is 63.5 Å². The van der Waals surface area contributed by atoms with E-state index in [1.54, 1.807) is 0 Å². The fourth-order valence-electron chi connectivity index (χ4n) is 3.78. The highest BCUT2D eigenvalue weighted by atomic mass is 79.9. The monoisotopic (exact) mass is 397 g/mol. The smallest absolute Gasteiger partial charge is 0.277 e. The van der Waals surface area contributed by atoms with Crippen molar-refractivity contribution < 1.29 is 4.79 Å². The molecule has 0 aliphatic carbocycles. The zero-order valence-electron chi connectivity index (χ0n) is 14.6.